The van der Waals surface area contributed by atoms with Crippen LogP contribution in [0.2, 0.25) is 0 Å². The van der Waals surface area contributed by atoms with E-state index in [0.717, 1.165) is 42.3 Å². The molecule has 1 aromatic heterocycles. The number of hydrogen-bond acceptors (Lipinski definition) is 3. The van der Waals surface area contributed by atoms with Gasteiger partial charge in [-0.3, -0.25) is 0 Å². The van der Waals surface area contributed by atoms with Crippen molar-refractivity contribution in [1.29, 1.82) is 0 Å². The maximum Gasteiger partial charge on any atom is 0.138 e. The van der Waals surface area contributed by atoms with Crippen LogP contribution in [0, 0.1) is 0 Å². The quantitative estimate of drug-likeness (QED) is 0.767. The topological polar surface area (TPSA) is 34.4 Å². The molecule has 0 unspecified atom stereocenters. The van der Waals surface area contributed by atoms with E-state index in [1.165, 1.54) is 0 Å². The molecular formula is C16H21NO2. The fourth-order valence-electron chi connectivity index (χ4n) is 1.96. The maximum absolute atomic E-state index is 5.86. The van der Waals surface area contributed by atoms with Gasteiger partial charge < -0.3 is 14.5 Å². The lowest BCUT2D eigenvalue weighted by Crippen LogP contribution is -2.12. The number of nitrogens with one attached hydrogen (secondary N) is 1. The van der Waals surface area contributed by atoms with Crippen LogP contribution in [0.5, 0.6) is 5.75 Å². The average molecular weight is 259 g/mol. The van der Waals surface area contributed by atoms with Gasteiger partial charge in [0, 0.05) is 0 Å². The van der Waals surface area contributed by atoms with Crippen LogP contribution >= 0.6 is 0 Å². The van der Waals surface area contributed by atoms with Gasteiger partial charge in [-0.15, -0.1) is 0 Å². The highest BCUT2D eigenvalue weighted by atomic mass is 16.5. The summed E-state index contributed by atoms with van der Waals surface area (Å²) in [4.78, 5) is 0. The highest BCUT2D eigenvalue weighted by Gasteiger charge is 2.09. The molecule has 0 aliphatic carbocycles. The first kappa shape index (κ1) is 13.7. The van der Waals surface area contributed by atoms with Gasteiger partial charge >= 0.3 is 0 Å². The highest BCUT2D eigenvalue weighted by Crippen LogP contribution is 2.31. The van der Waals surface area contributed by atoms with Crippen LogP contribution in [-0.4, -0.2) is 13.2 Å². The van der Waals surface area contributed by atoms with Gasteiger partial charge in [-0.25, -0.2) is 0 Å². The summed E-state index contributed by atoms with van der Waals surface area (Å²) in [6.07, 6.45) is 1.13. The van der Waals surface area contributed by atoms with E-state index in [4.69, 9.17) is 9.15 Å². The summed E-state index contributed by atoms with van der Waals surface area (Å²) < 4.78 is 11.5. The monoisotopic (exact) mass is 259 g/mol. The molecule has 0 radical (unpaired) electrons. The summed E-state index contributed by atoms with van der Waals surface area (Å²) in [7, 11) is 0. The van der Waals surface area contributed by atoms with Crippen LogP contribution in [0.25, 0.3) is 11.3 Å². The molecule has 0 spiro atoms. The lowest BCUT2D eigenvalue weighted by atomic mass is 10.1. The van der Waals surface area contributed by atoms with E-state index in [-0.39, 0.29) is 0 Å². The molecule has 2 aromatic rings. The Morgan fingerprint density at radius 1 is 1.11 bits per heavy atom. The molecule has 3 heteroatoms. The molecule has 0 saturated carbocycles. The molecule has 0 aliphatic rings. The summed E-state index contributed by atoms with van der Waals surface area (Å²) in [5.41, 5.74) is 1.01. The van der Waals surface area contributed by atoms with Gasteiger partial charge in [-0.1, -0.05) is 19.1 Å². The van der Waals surface area contributed by atoms with Crippen molar-refractivity contribution in [2.24, 2.45) is 0 Å². The molecule has 1 N–H and O–H groups in total. The van der Waals surface area contributed by atoms with E-state index >= 15 is 0 Å². The molecule has 102 valence electrons. The van der Waals surface area contributed by atoms with Crippen LogP contribution < -0.4 is 10.1 Å². The van der Waals surface area contributed by atoms with E-state index < -0.39 is 0 Å². The SMILES string of the molecule is CCCNCc1ccc(-c2ccccc2OCC)o1. The van der Waals surface area contributed by atoms with Gasteiger partial charge in [0.25, 0.3) is 0 Å². The third-order valence-corrected chi connectivity index (χ3v) is 2.84. The first-order valence-electron chi connectivity index (χ1n) is 6.86. The summed E-state index contributed by atoms with van der Waals surface area (Å²) >= 11 is 0. The van der Waals surface area contributed by atoms with Crippen molar-refractivity contribution in [1.82, 2.24) is 5.32 Å². The van der Waals surface area contributed by atoms with Crippen molar-refractivity contribution in [3.8, 4) is 17.1 Å². The third-order valence-electron chi connectivity index (χ3n) is 2.84. The molecule has 0 aliphatic heterocycles. The van der Waals surface area contributed by atoms with Crippen molar-refractivity contribution in [3.05, 3.63) is 42.2 Å². The van der Waals surface area contributed by atoms with Gasteiger partial charge in [0.15, 0.2) is 0 Å². The first-order chi connectivity index (χ1) is 9.35. The van der Waals surface area contributed by atoms with Gasteiger partial charge in [0.1, 0.15) is 17.3 Å². The summed E-state index contributed by atoms with van der Waals surface area (Å²) in [5, 5.41) is 3.33. The lowest BCUT2D eigenvalue weighted by molar-refractivity contribution is 0.340. The number of rotatable bonds is 7. The Morgan fingerprint density at radius 3 is 2.74 bits per heavy atom. The molecule has 0 saturated heterocycles. The normalized spacial score (nSPS) is 10.6. The zero-order chi connectivity index (χ0) is 13.5. The van der Waals surface area contributed by atoms with Crippen LogP contribution in [0.3, 0.4) is 0 Å². The predicted octanol–water partition coefficient (Wildman–Crippen LogP) is 3.84. The largest absolute Gasteiger partial charge is 0.493 e. The standard InChI is InChI=1S/C16H21NO2/c1-3-11-17-12-13-9-10-16(19-13)14-7-5-6-8-15(14)18-4-2/h5-10,17H,3-4,11-12H2,1-2H3. The molecule has 0 fully saturated rings. The van der Waals surface area contributed by atoms with Crippen LogP contribution in [0.4, 0.5) is 0 Å². The van der Waals surface area contributed by atoms with Crippen LogP contribution in [0.15, 0.2) is 40.8 Å². The molecule has 3 nitrogen and oxygen atoms in total. The van der Waals surface area contributed by atoms with E-state index in [1.807, 2.05) is 43.3 Å². The van der Waals surface area contributed by atoms with E-state index in [0.29, 0.717) is 6.61 Å². The Morgan fingerprint density at radius 2 is 1.95 bits per heavy atom. The average Bonchev–Trinajstić information content (AvgIpc) is 2.89. The minimum atomic E-state index is 0.655. The zero-order valence-electron chi connectivity index (χ0n) is 11.6. The number of para-hydroxylation sites is 1. The minimum absolute atomic E-state index is 0.655. The molecule has 1 aromatic carbocycles. The second-order valence-corrected chi connectivity index (χ2v) is 4.37. The summed E-state index contributed by atoms with van der Waals surface area (Å²) in [5.74, 6) is 2.68. The fourth-order valence-corrected chi connectivity index (χ4v) is 1.96. The molecule has 1 heterocycles. The first-order valence-corrected chi connectivity index (χ1v) is 6.86. The Labute approximate surface area is 114 Å². The van der Waals surface area contributed by atoms with Gasteiger partial charge in [-0.05, 0) is 44.2 Å². The Balaban J connectivity index is 2.13. The third kappa shape index (κ3) is 3.61. The minimum Gasteiger partial charge on any atom is -0.493 e. The molecule has 0 atom stereocenters. The number of benzene rings is 1. The molecular weight excluding hydrogens is 238 g/mol. The summed E-state index contributed by atoms with van der Waals surface area (Å²) in [6.45, 7) is 6.57. The van der Waals surface area contributed by atoms with Crippen molar-refractivity contribution in [2.45, 2.75) is 26.8 Å². The zero-order valence-corrected chi connectivity index (χ0v) is 11.6. The highest BCUT2D eigenvalue weighted by molar-refractivity contribution is 5.65. The lowest BCUT2D eigenvalue weighted by Gasteiger charge is -2.07. The Hall–Kier alpha value is -1.74. The van der Waals surface area contributed by atoms with E-state index in [1.54, 1.807) is 0 Å². The molecule has 2 rings (SSSR count). The van der Waals surface area contributed by atoms with Gasteiger partial charge in [0.2, 0.25) is 0 Å². The van der Waals surface area contributed by atoms with Gasteiger partial charge in [-0.2, -0.15) is 0 Å². The molecule has 0 amide bonds. The smallest absolute Gasteiger partial charge is 0.138 e. The number of hydrogen-bond donors (Lipinski definition) is 1. The fraction of sp³-hybridized carbons (Fsp3) is 0.375. The van der Waals surface area contributed by atoms with Crippen LogP contribution in [-0.2, 0) is 6.54 Å². The van der Waals surface area contributed by atoms with Crippen LogP contribution in [0.1, 0.15) is 26.0 Å². The predicted molar refractivity (Wildman–Crippen MR) is 77.3 cm³/mol. The Kier molecular flexibility index (Phi) is 5.04. The van der Waals surface area contributed by atoms with Crippen molar-refractivity contribution in [3.63, 3.8) is 0 Å². The molecule has 0 bridgehead atoms. The summed E-state index contributed by atoms with van der Waals surface area (Å²) in [6, 6.07) is 12.0. The van der Waals surface area contributed by atoms with Gasteiger partial charge in [0.05, 0.1) is 18.7 Å². The number of furan rings is 1. The van der Waals surface area contributed by atoms with E-state index in [2.05, 4.69) is 12.2 Å². The van der Waals surface area contributed by atoms with Crippen molar-refractivity contribution in [2.75, 3.05) is 13.2 Å². The second kappa shape index (κ2) is 7.00. The van der Waals surface area contributed by atoms with E-state index in [9.17, 15) is 0 Å². The van der Waals surface area contributed by atoms with Crippen molar-refractivity contribution >= 4 is 0 Å². The van der Waals surface area contributed by atoms with Crippen molar-refractivity contribution < 1.29 is 9.15 Å². The number of ether oxygens (including phenoxy) is 1. The second-order valence-electron chi connectivity index (χ2n) is 4.37. The Bertz CT molecular complexity index is 505. The maximum atomic E-state index is 5.86. The molecule has 19 heavy (non-hydrogen) atoms.